The van der Waals surface area contributed by atoms with Crippen molar-refractivity contribution in [3.63, 3.8) is 0 Å². The van der Waals surface area contributed by atoms with Crippen LogP contribution in [0.15, 0.2) is 0 Å². The Labute approximate surface area is 71.9 Å². The lowest BCUT2D eigenvalue weighted by Crippen LogP contribution is -1.87. The van der Waals surface area contributed by atoms with Gasteiger partial charge in [0.2, 0.25) is 0 Å². The Bertz CT molecular complexity index is 31.6. The van der Waals surface area contributed by atoms with E-state index in [1.165, 1.54) is 0 Å². The summed E-state index contributed by atoms with van der Waals surface area (Å²) in [6, 6.07) is 0. The zero-order chi connectivity index (χ0) is 5.54. The maximum Gasteiger partial charge on any atom is 0.316 e. The van der Waals surface area contributed by atoms with Crippen LogP contribution >= 0.6 is 11.6 Å². The molecule has 0 aliphatic heterocycles. The van der Waals surface area contributed by atoms with Crippen molar-refractivity contribution in [2.45, 2.75) is 12.8 Å². The van der Waals surface area contributed by atoms with E-state index in [4.69, 9.17) is 16.3 Å². The van der Waals surface area contributed by atoms with Crippen LogP contribution in [-0.2, 0) is 4.74 Å². The maximum absolute atomic E-state index is 5.38. The van der Waals surface area contributed by atoms with Gasteiger partial charge >= 0.3 is 23.1 Å². The third kappa shape index (κ3) is 10.1. The largest absolute Gasteiger partial charge is 0.385 e. The van der Waals surface area contributed by atoms with Crippen LogP contribution in [0.5, 0.6) is 0 Å². The van der Waals surface area contributed by atoms with E-state index >= 15 is 0 Å². The van der Waals surface area contributed by atoms with Crippen molar-refractivity contribution in [3.8, 4) is 0 Å². The Morgan fingerprint density at radius 2 is 2.00 bits per heavy atom. The molecule has 0 rings (SSSR count). The van der Waals surface area contributed by atoms with E-state index in [1.54, 1.807) is 7.11 Å². The molecule has 0 amide bonds. The highest BCUT2D eigenvalue weighted by Gasteiger charge is 1.81. The van der Waals surface area contributed by atoms with Gasteiger partial charge in [0.1, 0.15) is 0 Å². The van der Waals surface area contributed by atoms with E-state index in [1.807, 2.05) is 0 Å². The molecule has 48 valence electrons. The summed E-state index contributed by atoms with van der Waals surface area (Å²) in [6.45, 7) is 0.840. The lowest BCUT2D eigenvalue weighted by Gasteiger charge is -1.91. The molecular weight excluding hydrogens is 136 g/mol. The molecule has 1 nitrogen and oxygen atoms in total. The van der Waals surface area contributed by atoms with Crippen molar-refractivity contribution in [1.82, 2.24) is 0 Å². The molecule has 8 heavy (non-hydrogen) atoms. The predicted octanol–water partition coefficient (Wildman–Crippen LogP) is 0.736. The predicted molar refractivity (Wildman–Crippen MR) is 40.4 cm³/mol. The molecule has 0 heterocycles. The molecule has 0 aromatic carbocycles. The summed E-state index contributed by atoms with van der Waals surface area (Å²) in [4.78, 5) is 0. The molecule has 0 aliphatic carbocycles. The average molecular weight is 149 g/mol. The van der Waals surface area contributed by atoms with Gasteiger partial charge in [0.25, 0.3) is 0 Å². The Morgan fingerprint density at radius 3 is 2.38 bits per heavy atom. The first-order valence-electron chi connectivity index (χ1n) is 2.46. The van der Waals surface area contributed by atoms with Crippen molar-refractivity contribution in [2.24, 2.45) is 0 Å². The van der Waals surface area contributed by atoms with E-state index in [0.29, 0.717) is 0 Å². The lowest BCUT2D eigenvalue weighted by molar-refractivity contribution is 0.194. The van der Waals surface area contributed by atoms with Gasteiger partial charge in [0.15, 0.2) is 0 Å². The third-order valence-corrected chi connectivity index (χ3v) is 0.999. The summed E-state index contributed by atoms with van der Waals surface area (Å²) in [5.41, 5.74) is 0. The second-order valence-electron chi connectivity index (χ2n) is 1.39. The Balaban J connectivity index is 0. The Morgan fingerprint density at radius 1 is 1.38 bits per heavy atom. The number of unbranched alkanes of at least 4 members (excludes halogenated alkanes) is 1. The molecule has 0 aliphatic rings. The fourth-order valence-corrected chi connectivity index (χ4v) is 0.530. The van der Waals surface area contributed by atoms with Gasteiger partial charge in [-0.2, -0.15) is 0 Å². The van der Waals surface area contributed by atoms with Crippen LogP contribution in [0.3, 0.4) is 0 Å². The minimum Gasteiger partial charge on any atom is -0.385 e. The smallest absolute Gasteiger partial charge is 0.316 e. The quantitative estimate of drug-likeness (QED) is 0.325. The molecule has 0 radical (unpaired) electrons. The summed E-state index contributed by atoms with van der Waals surface area (Å²) in [5.74, 6) is 0.753. The third-order valence-electron chi connectivity index (χ3n) is 0.732. The van der Waals surface area contributed by atoms with Crippen molar-refractivity contribution >= 4 is 34.7 Å². The number of halogens is 1. The Hall–Kier alpha value is 1.02. The van der Waals surface area contributed by atoms with Gasteiger partial charge in [-0.15, -0.1) is 11.6 Å². The van der Waals surface area contributed by atoms with Gasteiger partial charge < -0.3 is 4.74 Å². The summed E-state index contributed by atoms with van der Waals surface area (Å²) in [7, 11) is 1.70. The summed E-state index contributed by atoms with van der Waals surface area (Å²) < 4.78 is 4.79. The number of alkyl halides is 1. The zero-order valence-corrected chi connectivity index (χ0v) is 5.37. The fraction of sp³-hybridized carbons (Fsp3) is 1.00. The maximum atomic E-state index is 5.38. The van der Waals surface area contributed by atoms with Crippen LogP contribution in [-0.4, -0.2) is 42.6 Å². The van der Waals surface area contributed by atoms with Gasteiger partial charge in [-0.05, 0) is 12.8 Å². The van der Waals surface area contributed by atoms with Gasteiger partial charge in [-0.1, -0.05) is 0 Å². The molecule has 0 aromatic rings. The summed E-state index contributed by atoms with van der Waals surface area (Å²) in [6.07, 6.45) is 2.15. The summed E-state index contributed by atoms with van der Waals surface area (Å²) >= 11 is 5.38. The van der Waals surface area contributed by atoms with Gasteiger partial charge in [-0.3, -0.25) is 0 Å². The number of hydrogen-bond acceptors (Lipinski definition) is 1. The molecule has 3 heteroatoms. The van der Waals surface area contributed by atoms with Crippen LogP contribution < -0.4 is 0 Å². The minimum absolute atomic E-state index is 0. The topological polar surface area (TPSA) is 9.23 Å². The van der Waals surface area contributed by atoms with Crippen LogP contribution in [0.4, 0.5) is 0 Å². The molecule has 0 fully saturated rings. The first-order valence-corrected chi connectivity index (χ1v) is 3.00. The molecule has 0 unspecified atom stereocenters. The fourth-order valence-electron chi connectivity index (χ4n) is 0.341. The molecule has 0 atom stereocenters. The SMILES string of the molecule is COCCCCCl.[MgH2]. The second-order valence-corrected chi connectivity index (χ2v) is 1.77. The lowest BCUT2D eigenvalue weighted by atomic mass is 10.4. The van der Waals surface area contributed by atoms with Crippen LogP contribution in [0.25, 0.3) is 0 Å². The van der Waals surface area contributed by atoms with Crippen LogP contribution in [0, 0.1) is 0 Å². The normalized spacial score (nSPS) is 8.25. The molecule has 0 aromatic heterocycles. The molecule has 0 saturated carbocycles. The summed E-state index contributed by atoms with van der Waals surface area (Å²) in [5, 5.41) is 0. The highest BCUT2D eigenvalue weighted by atomic mass is 35.5. The first kappa shape index (κ1) is 11.8. The standard InChI is InChI=1S/C5H11ClO.Mg.2H/c1-7-5-3-2-4-6;;;/h2-5H2,1H3;;;. The van der Waals surface area contributed by atoms with Crippen molar-refractivity contribution in [3.05, 3.63) is 0 Å². The van der Waals surface area contributed by atoms with Crippen molar-refractivity contribution in [1.29, 1.82) is 0 Å². The van der Waals surface area contributed by atoms with Crippen LogP contribution in [0.2, 0.25) is 0 Å². The zero-order valence-electron chi connectivity index (χ0n) is 4.61. The Kier molecular flexibility index (Phi) is 16.0. The highest BCUT2D eigenvalue weighted by molar-refractivity contribution is 6.17. The molecule has 0 saturated heterocycles. The first-order chi connectivity index (χ1) is 3.41. The van der Waals surface area contributed by atoms with Crippen molar-refractivity contribution in [2.75, 3.05) is 19.6 Å². The van der Waals surface area contributed by atoms with E-state index < -0.39 is 0 Å². The minimum atomic E-state index is 0. The van der Waals surface area contributed by atoms with Crippen LogP contribution in [0.1, 0.15) is 12.8 Å². The second kappa shape index (κ2) is 10.9. The molecule has 0 bridgehead atoms. The number of methoxy groups -OCH3 is 1. The molecular formula is C5H13ClMgO. The monoisotopic (exact) mass is 148 g/mol. The van der Waals surface area contributed by atoms with E-state index in [0.717, 1.165) is 25.3 Å². The number of rotatable bonds is 4. The number of ether oxygens (including phenoxy) is 1. The van der Waals surface area contributed by atoms with E-state index in [-0.39, 0.29) is 23.1 Å². The molecule has 0 spiro atoms. The van der Waals surface area contributed by atoms with E-state index in [2.05, 4.69) is 0 Å². The van der Waals surface area contributed by atoms with Crippen molar-refractivity contribution < 1.29 is 4.74 Å². The highest BCUT2D eigenvalue weighted by Crippen LogP contribution is 1.90. The van der Waals surface area contributed by atoms with Gasteiger partial charge in [-0.25, -0.2) is 0 Å². The number of hydrogen-bond donors (Lipinski definition) is 0. The van der Waals surface area contributed by atoms with Gasteiger partial charge in [0.05, 0.1) is 0 Å². The average Bonchev–Trinajstić information content (AvgIpc) is 1.69. The van der Waals surface area contributed by atoms with E-state index in [9.17, 15) is 0 Å². The van der Waals surface area contributed by atoms with Gasteiger partial charge in [0, 0.05) is 19.6 Å². The molecule has 0 N–H and O–H groups in total.